The lowest BCUT2D eigenvalue weighted by Gasteiger charge is -2.42. The maximum absolute atomic E-state index is 2.81. The molecule has 0 fully saturated rings. The van der Waals surface area contributed by atoms with Crippen molar-refractivity contribution in [3.63, 3.8) is 0 Å². The molecule has 0 saturated heterocycles. The summed E-state index contributed by atoms with van der Waals surface area (Å²) in [6.45, 7) is 21.2. The van der Waals surface area contributed by atoms with Gasteiger partial charge in [0.1, 0.15) is 0 Å². The number of hydrogen-bond donors (Lipinski definition) is 0. The molecular weight excluding hydrogens is 1400 g/mol. The summed E-state index contributed by atoms with van der Waals surface area (Å²) >= 11 is 3.83. The summed E-state index contributed by atoms with van der Waals surface area (Å²) in [4.78, 5) is 5.32. The standard InChI is InChI=1S/C108H85BN2S2/c1-106(2,3)82-59-80(60-83(65-82)107(4,5)6)81-63-97-104-101(64-81)113-99-52-50-72(78-55-74(68-31-15-10-16-32-68)53-75(56-78)69-33-17-11-18-34-69)61-93(99)109(104)92-51-49-73(79-57-76(70-35-19-12-20-36-70)54-77(58-79)71-37-21-13-22-38-71)62-96(92)111(97)105-90(86-43-29-46-95-102(86)88-41-25-27-45-94(88)110(95)85-39-23-14-24-40-85)66-84(108(7,8)9)67-91(105)87-44-30-48-100-103(87)89-42-26-28-47-98(89)112-100/h10-67H,1-9H3. The summed E-state index contributed by atoms with van der Waals surface area (Å²) in [7, 11) is 0. The number of anilines is 3. The first-order valence-corrected chi connectivity index (χ1v) is 41.3. The fourth-order valence-corrected chi connectivity index (χ4v) is 20.1. The van der Waals surface area contributed by atoms with Gasteiger partial charge in [0.15, 0.2) is 0 Å². The molecule has 2 aliphatic heterocycles. The molecule has 0 unspecified atom stereocenters. The second kappa shape index (κ2) is 27.3. The molecule has 0 spiro atoms. The zero-order chi connectivity index (χ0) is 76.6. The molecule has 4 heterocycles. The van der Waals surface area contributed by atoms with Gasteiger partial charge in [-0.1, -0.05) is 322 Å². The van der Waals surface area contributed by atoms with Crippen molar-refractivity contribution in [1.29, 1.82) is 0 Å². The van der Waals surface area contributed by atoms with E-state index in [4.69, 9.17) is 0 Å². The summed E-state index contributed by atoms with van der Waals surface area (Å²) in [5.74, 6) is 0. The second-order valence-electron chi connectivity index (χ2n) is 34.0. The summed E-state index contributed by atoms with van der Waals surface area (Å²) in [5.41, 5.74) is 35.3. The largest absolute Gasteiger partial charge is 0.310 e. The van der Waals surface area contributed by atoms with Crippen molar-refractivity contribution < 1.29 is 0 Å². The quantitative estimate of drug-likeness (QED) is 0.119. The Morgan fingerprint density at radius 2 is 0.690 bits per heavy atom. The van der Waals surface area contributed by atoms with Crippen molar-refractivity contribution in [2.75, 3.05) is 4.90 Å². The lowest BCUT2D eigenvalue weighted by Crippen LogP contribution is -2.60. The summed E-state index contributed by atoms with van der Waals surface area (Å²) in [6.07, 6.45) is 0. The molecule has 0 N–H and O–H groups in total. The lowest BCUT2D eigenvalue weighted by atomic mass is 9.34. The molecule has 113 heavy (non-hydrogen) atoms. The van der Waals surface area contributed by atoms with Crippen molar-refractivity contribution in [3.05, 3.63) is 369 Å². The van der Waals surface area contributed by atoms with E-state index in [2.05, 4.69) is 424 Å². The lowest BCUT2D eigenvalue weighted by molar-refractivity contribution is 0.569. The molecule has 2 aliphatic rings. The Morgan fingerprint density at radius 3 is 1.25 bits per heavy atom. The number of rotatable bonds is 11. The van der Waals surface area contributed by atoms with Crippen molar-refractivity contribution in [2.24, 2.45) is 0 Å². The van der Waals surface area contributed by atoms with E-state index in [1.807, 2.05) is 23.1 Å². The molecular formula is C108H85BN2S2. The van der Waals surface area contributed by atoms with Crippen molar-refractivity contribution in [2.45, 2.75) is 88.3 Å². The SMILES string of the molecule is CC(C)(C)c1cc(-c2cc3c4c(c2)N(c2c(-c5cccc6sc7ccccc7c56)cc(C(C)(C)C)cc2-c2cccc5c2c2ccccc2n5-c2ccccc2)c2cc(-c5cc(-c6ccccc6)cc(-c6ccccc6)c5)ccc2B4c2cc(-c4cc(-c5ccccc5)cc(-c5ccccc5)c4)ccc2S3)cc(C(C)(C)C)c1. The summed E-state index contributed by atoms with van der Waals surface area (Å²) in [6, 6.07) is 134. The zero-order valence-corrected chi connectivity index (χ0v) is 66.9. The normalized spacial score (nSPS) is 12.8. The van der Waals surface area contributed by atoms with Crippen LogP contribution in [-0.2, 0) is 16.2 Å². The molecule has 2 nitrogen and oxygen atoms in total. The van der Waals surface area contributed by atoms with E-state index < -0.39 is 0 Å². The van der Waals surface area contributed by atoms with Crippen LogP contribution in [0.1, 0.15) is 79.0 Å². The van der Waals surface area contributed by atoms with Gasteiger partial charge in [-0.05, 0) is 242 Å². The third kappa shape index (κ3) is 12.4. The van der Waals surface area contributed by atoms with Gasteiger partial charge in [-0.15, -0.1) is 11.3 Å². The number of aromatic nitrogens is 1. The number of benzene rings is 16. The van der Waals surface area contributed by atoms with Crippen molar-refractivity contribution in [3.8, 4) is 106 Å². The second-order valence-corrected chi connectivity index (χ2v) is 36.2. The van der Waals surface area contributed by atoms with Gasteiger partial charge in [-0.25, -0.2) is 0 Å². The van der Waals surface area contributed by atoms with E-state index in [9.17, 15) is 0 Å². The predicted molar refractivity (Wildman–Crippen MR) is 489 cm³/mol. The van der Waals surface area contributed by atoms with Gasteiger partial charge in [0.25, 0.3) is 0 Å². The van der Waals surface area contributed by atoms with Crippen LogP contribution >= 0.6 is 23.1 Å². The molecule has 20 rings (SSSR count). The molecule has 0 amide bonds. The van der Waals surface area contributed by atoms with Gasteiger partial charge in [-0.3, -0.25) is 0 Å². The number of nitrogens with zero attached hydrogens (tertiary/aromatic N) is 2. The maximum atomic E-state index is 2.81. The van der Waals surface area contributed by atoms with Crippen LogP contribution in [0, 0.1) is 0 Å². The highest BCUT2D eigenvalue weighted by molar-refractivity contribution is 8.00. The average molecular weight is 1490 g/mol. The number of para-hydroxylation sites is 2. The van der Waals surface area contributed by atoms with Crippen LogP contribution in [0.3, 0.4) is 0 Å². The monoisotopic (exact) mass is 1480 g/mol. The molecule has 2 aromatic heterocycles. The topological polar surface area (TPSA) is 8.17 Å². The fraction of sp³-hybridized carbons (Fsp3) is 0.111. The van der Waals surface area contributed by atoms with Crippen LogP contribution in [-0.4, -0.2) is 11.3 Å². The molecule has 0 saturated carbocycles. The highest BCUT2D eigenvalue weighted by Gasteiger charge is 2.44. The minimum atomic E-state index is -0.292. The average Bonchev–Trinajstić information content (AvgIpc) is 0.789. The van der Waals surface area contributed by atoms with Crippen LogP contribution in [0.4, 0.5) is 17.1 Å². The van der Waals surface area contributed by atoms with Gasteiger partial charge in [0, 0.05) is 68.9 Å². The first kappa shape index (κ1) is 69.9. The number of hydrogen-bond acceptors (Lipinski definition) is 3. The van der Waals surface area contributed by atoms with Crippen LogP contribution < -0.4 is 21.3 Å². The Morgan fingerprint density at radius 1 is 0.265 bits per heavy atom. The Bertz CT molecular complexity index is 6660. The first-order valence-electron chi connectivity index (χ1n) is 39.7. The molecule has 16 aromatic carbocycles. The highest BCUT2D eigenvalue weighted by atomic mass is 32.2. The third-order valence-corrected chi connectivity index (χ3v) is 25.9. The Balaban J connectivity index is 0.952. The van der Waals surface area contributed by atoms with Crippen LogP contribution in [0.15, 0.2) is 362 Å². The van der Waals surface area contributed by atoms with Gasteiger partial charge in [-0.2, -0.15) is 0 Å². The van der Waals surface area contributed by atoms with Gasteiger partial charge in [0.2, 0.25) is 6.71 Å². The Hall–Kier alpha value is -12.2. The minimum Gasteiger partial charge on any atom is -0.310 e. The van der Waals surface area contributed by atoms with Crippen molar-refractivity contribution in [1.82, 2.24) is 4.57 Å². The van der Waals surface area contributed by atoms with E-state index in [-0.39, 0.29) is 23.0 Å². The number of thiophene rings is 1. The van der Waals surface area contributed by atoms with Crippen LogP contribution in [0.2, 0.25) is 0 Å². The molecule has 18 aromatic rings. The Labute approximate surface area is 672 Å². The summed E-state index contributed by atoms with van der Waals surface area (Å²) in [5, 5.41) is 4.96. The predicted octanol–water partition coefficient (Wildman–Crippen LogP) is 28.8. The third-order valence-electron chi connectivity index (χ3n) is 23.6. The van der Waals surface area contributed by atoms with E-state index in [1.165, 1.54) is 174 Å². The van der Waals surface area contributed by atoms with Gasteiger partial charge < -0.3 is 9.47 Å². The van der Waals surface area contributed by atoms with Crippen LogP contribution in [0.25, 0.3) is 148 Å². The summed E-state index contributed by atoms with van der Waals surface area (Å²) < 4.78 is 5.03. The smallest absolute Gasteiger partial charge is 0.249 e. The minimum absolute atomic E-state index is 0.132. The van der Waals surface area contributed by atoms with E-state index in [1.54, 1.807) is 0 Å². The Kier molecular flexibility index (Phi) is 16.9. The van der Waals surface area contributed by atoms with E-state index >= 15 is 0 Å². The van der Waals surface area contributed by atoms with Gasteiger partial charge in [0.05, 0.1) is 16.7 Å². The maximum Gasteiger partial charge on any atom is 0.249 e. The van der Waals surface area contributed by atoms with E-state index in [0.29, 0.717) is 0 Å². The highest BCUT2D eigenvalue weighted by Crippen LogP contribution is 2.56. The fourth-order valence-electron chi connectivity index (χ4n) is 17.8. The first-order chi connectivity index (χ1) is 54.9. The molecule has 5 heteroatoms. The zero-order valence-electron chi connectivity index (χ0n) is 65.3. The molecule has 542 valence electrons. The van der Waals surface area contributed by atoms with Gasteiger partial charge >= 0.3 is 0 Å². The molecule has 0 bridgehead atoms. The van der Waals surface area contributed by atoms with Crippen molar-refractivity contribution >= 4 is 105 Å². The molecule has 0 aliphatic carbocycles. The number of fused-ring (bicyclic) bond motifs is 10. The molecule has 0 atom stereocenters. The van der Waals surface area contributed by atoms with Crippen LogP contribution in [0.5, 0.6) is 0 Å². The molecule has 0 radical (unpaired) electrons. The van der Waals surface area contributed by atoms with E-state index in [0.717, 1.165) is 33.7 Å².